The van der Waals surface area contributed by atoms with E-state index >= 15 is 0 Å². The number of anilines is 6. The highest BCUT2D eigenvalue weighted by Gasteiger charge is 2.21. The van der Waals surface area contributed by atoms with Crippen molar-refractivity contribution in [1.29, 1.82) is 0 Å². The summed E-state index contributed by atoms with van der Waals surface area (Å²) in [5.41, 5.74) is 12.4. The van der Waals surface area contributed by atoms with E-state index in [0.717, 1.165) is 39.8 Å². The fraction of sp³-hybridized carbons (Fsp3) is 0. The lowest BCUT2D eigenvalue weighted by Crippen LogP contribution is -2.13. The number of rotatable bonds is 8. The van der Waals surface area contributed by atoms with Crippen LogP contribution in [0, 0.1) is 0 Å². The largest absolute Gasteiger partial charge is 0.310 e. The summed E-state index contributed by atoms with van der Waals surface area (Å²) in [6, 6.07) is 86.5. The van der Waals surface area contributed by atoms with Gasteiger partial charge in [-0.15, -0.1) is 22.7 Å². The minimum absolute atomic E-state index is 1.07. The first kappa shape index (κ1) is 37.6. The molecule has 65 heavy (non-hydrogen) atoms. The summed E-state index contributed by atoms with van der Waals surface area (Å²) >= 11 is 3.72. The molecule has 3 heterocycles. The maximum absolute atomic E-state index is 2.44. The number of hydrogen-bond donors (Lipinski definition) is 0. The van der Waals surface area contributed by atoms with Gasteiger partial charge in [0.05, 0.1) is 11.0 Å². The fourth-order valence-electron chi connectivity index (χ4n) is 9.76. The molecule has 0 spiro atoms. The van der Waals surface area contributed by atoms with Crippen LogP contribution in [0.4, 0.5) is 34.1 Å². The SMILES string of the molecule is c1ccc(N(c2ccccc2)c2cccc(N(c3ccc4sc5ccccc5c4c3)c3ccc4c(c3)c3cc(-c5ccc6sc7ccccc7c6c5)ccc3n4-c3ccccc3)c2)cc1. The smallest absolute Gasteiger partial charge is 0.0542 e. The Morgan fingerprint density at radius 3 is 1.29 bits per heavy atom. The average molecular weight is 866 g/mol. The zero-order valence-electron chi connectivity index (χ0n) is 35.2. The highest BCUT2D eigenvalue weighted by molar-refractivity contribution is 7.26. The third kappa shape index (κ3) is 6.39. The van der Waals surface area contributed by atoms with Crippen molar-refractivity contribution in [3.8, 4) is 16.8 Å². The molecule has 5 heteroatoms. The van der Waals surface area contributed by atoms with Gasteiger partial charge < -0.3 is 14.4 Å². The van der Waals surface area contributed by atoms with Crippen LogP contribution < -0.4 is 9.80 Å². The summed E-state index contributed by atoms with van der Waals surface area (Å²) in [5.74, 6) is 0. The van der Waals surface area contributed by atoms with E-state index in [1.807, 2.05) is 22.7 Å². The monoisotopic (exact) mass is 865 g/mol. The number of nitrogens with zero attached hydrogens (tertiary/aromatic N) is 3. The molecule has 0 aliphatic rings. The molecular weight excluding hydrogens is 827 g/mol. The molecule has 0 atom stereocenters. The standard InChI is InChI=1S/C60H39N3S2/c1-4-15-42(16-5-1)61(43-17-6-2-7-18-43)45-21-14-22-46(37-45)62(48-30-34-60-54(39-48)50-24-11-13-26-58(50)65-60)47-29-32-56-52(38-47)51-35-40(27-31-55(51)63(56)44-19-8-3-9-20-44)41-28-33-59-53(36-41)49-23-10-12-25-57(49)64-59/h1-39H. The number of aromatic nitrogens is 1. The summed E-state index contributed by atoms with van der Waals surface area (Å²) in [6.45, 7) is 0. The Bertz CT molecular complexity index is 3860. The number of benzene rings is 10. The van der Waals surface area contributed by atoms with Gasteiger partial charge >= 0.3 is 0 Å². The lowest BCUT2D eigenvalue weighted by atomic mass is 10.0. The first-order valence-electron chi connectivity index (χ1n) is 22.0. The van der Waals surface area contributed by atoms with E-state index in [2.05, 4.69) is 251 Å². The number of fused-ring (bicyclic) bond motifs is 9. The molecule has 0 bridgehead atoms. The Hall–Kier alpha value is -7.96. The predicted octanol–water partition coefficient (Wildman–Crippen LogP) is 18.1. The van der Waals surface area contributed by atoms with Crippen LogP contribution in [-0.4, -0.2) is 4.57 Å². The van der Waals surface area contributed by atoms with Gasteiger partial charge in [-0.3, -0.25) is 0 Å². The van der Waals surface area contributed by atoms with Gasteiger partial charge in [-0.2, -0.15) is 0 Å². The lowest BCUT2D eigenvalue weighted by Gasteiger charge is -2.29. The van der Waals surface area contributed by atoms with Gasteiger partial charge in [0.2, 0.25) is 0 Å². The van der Waals surface area contributed by atoms with Crippen molar-refractivity contribution in [2.24, 2.45) is 0 Å². The van der Waals surface area contributed by atoms with Gasteiger partial charge in [-0.05, 0) is 139 Å². The van der Waals surface area contributed by atoms with Crippen molar-refractivity contribution in [2.75, 3.05) is 9.80 Å². The van der Waals surface area contributed by atoms with Crippen molar-refractivity contribution in [2.45, 2.75) is 0 Å². The summed E-state index contributed by atoms with van der Waals surface area (Å²) in [7, 11) is 0. The van der Waals surface area contributed by atoms with Crippen LogP contribution in [0.15, 0.2) is 237 Å². The van der Waals surface area contributed by atoms with E-state index in [1.54, 1.807) is 0 Å². The highest BCUT2D eigenvalue weighted by Crippen LogP contribution is 2.46. The molecule has 13 rings (SSSR count). The van der Waals surface area contributed by atoms with Crippen molar-refractivity contribution in [1.82, 2.24) is 4.57 Å². The molecule has 0 N–H and O–H groups in total. The molecule has 10 aromatic carbocycles. The van der Waals surface area contributed by atoms with Gasteiger partial charge in [0.15, 0.2) is 0 Å². The summed E-state index contributed by atoms with van der Waals surface area (Å²) in [6.07, 6.45) is 0. The van der Waals surface area contributed by atoms with Crippen LogP contribution in [0.3, 0.4) is 0 Å². The van der Waals surface area contributed by atoms with Crippen LogP contribution in [0.5, 0.6) is 0 Å². The summed E-state index contributed by atoms with van der Waals surface area (Å²) in [4.78, 5) is 4.78. The van der Waals surface area contributed by atoms with Crippen LogP contribution >= 0.6 is 22.7 Å². The Morgan fingerprint density at radius 1 is 0.262 bits per heavy atom. The zero-order chi connectivity index (χ0) is 42.8. The average Bonchev–Trinajstić information content (AvgIpc) is 4.04. The Labute approximate surface area is 384 Å². The van der Waals surface area contributed by atoms with Gasteiger partial charge in [0.1, 0.15) is 0 Å². The van der Waals surface area contributed by atoms with Gasteiger partial charge in [0.25, 0.3) is 0 Å². The molecule has 3 aromatic heterocycles. The maximum Gasteiger partial charge on any atom is 0.0542 e. The van der Waals surface area contributed by atoms with E-state index in [9.17, 15) is 0 Å². The van der Waals surface area contributed by atoms with Gasteiger partial charge in [-0.25, -0.2) is 0 Å². The molecule has 0 amide bonds. The fourth-order valence-corrected chi connectivity index (χ4v) is 11.9. The molecular formula is C60H39N3S2. The van der Waals surface area contributed by atoms with Crippen LogP contribution in [0.25, 0.3) is 79.0 Å². The van der Waals surface area contributed by atoms with Crippen molar-refractivity contribution in [3.63, 3.8) is 0 Å². The van der Waals surface area contributed by atoms with Gasteiger partial charge in [0, 0.05) is 90.9 Å². The molecule has 0 radical (unpaired) electrons. The molecule has 3 nitrogen and oxygen atoms in total. The normalized spacial score (nSPS) is 11.7. The van der Waals surface area contributed by atoms with E-state index in [-0.39, 0.29) is 0 Å². The Balaban J connectivity index is 1.04. The molecule has 0 saturated heterocycles. The van der Waals surface area contributed by atoms with Crippen LogP contribution in [0.1, 0.15) is 0 Å². The van der Waals surface area contributed by atoms with Crippen molar-refractivity contribution >= 4 is 119 Å². The molecule has 0 fully saturated rings. The molecule has 0 saturated carbocycles. The molecule has 0 aliphatic carbocycles. The zero-order valence-corrected chi connectivity index (χ0v) is 36.8. The molecule has 0 aliphatic heterocycles. The highest BCUT2D eigenvalue weighted by atomic mass is 32.1. The number of para-hydroxylation sites is 3. The second-order valence-corrected chi connectivity index (χ2v) is 18.7. The minimum atomic E-state index is 1.07. The second-order valence-electron chi connectivity index (χ2n) is 16.6. The molecule has 306 valence electrons. The predicted molar refractivity (Wildman–Crippen MR) is 281 cm³/mol. The summed E-state index contributed by atoms with van der Waals surface area (Å²) < 4.78 is 7.63. The third-order valence-corrected chi connectivity index (χ3v) is 15.0. The number of hydrogen-bond acceptors (Lipinski definition) is 4. The maximum atomic E-state index is 2.44. The van der Waals surface area contributed by atoms with Crippen LogP contribution in [0.2, 0.25) is 0 Å². The molecule has 13 aromatic rings. The Kier molecular flexibility index (Phi) is 8.90. The second kappa shape index (κ2) is 15.4. The summed E-state index contributed by atoms with van der Waals surface area (Å²) in [5, 5.41) is 7.58. The van der Waals surface area contributed by atoms with E-state index in [0.29, 0.717) is 0 Å². The first-order valence-corrected chi connectivity index (χ1v) is 23.6. The van der Waals surface area contributed by atoms with Crippen molar-refractivity contribution in [3.05, 3.63) is 237 Å². The van der Waals surface area contributed by atoms with Crippen molar-refractivity contribution < 1.29 is 0 Å². The molecule has 0 unspecified atom stereocenters. The van der Waals surface area contributed by atoms with E-state index < -0.39 is 0 Å². The number of thiophene rings is 2. The minimum Gasteiger partial charge on any atom is -0.310 e. The van der Waals surface area contributed by atoms with Crippen LogP contribution in [-0.2, 0) is 0 Å². The lowest BCUT2D eigenvalue weighted by molar-refractivity contribution is 1.18. The first-order chi connectivity index (χ1) is 32.2. The topological polar surface area (TPSA) is 11.4 Å². The van der Waals surface area contributed by atoms with E-state index in [1.165, 1.54) is 73.3 Å². The van der Waals surface area contributed by atoms with E-state index in [4.69, 9.17) is 0 Å². The van der Waals surface area contributed by atoms with Gasteiger partial charge in [-0.1, -0.05) is 109 Å². The quantitative estimate of drug-likeness (QED) is 0.151. The Morgan fingerprint density at radius 2 is 0.662 bits per heavy atom. The third-order valence-electron chi connectivity index (χ3n) is 12.7.